The summed E-state index contributed by atoms with van der Waals surface area (Å²) < 4.78 is 1.38. The Balaban J connectivity index is 1.74. The van der Waals surface area contributed by atoms with Crippen LogP contribution in [0.5, 0.6) is 0 Å². The number of benzene rings is 1. The molecule has 0 aliphatic carbocycles. The van der Waals surface area contributed by atoms with Crippen LogP contribution in [0.2, 0.25) is 0 Å². The molecule has 0 radical (unpaired) electrons. The fourth-order valence-electron chi connectivity index (χ4n) is 2.64. The van der Waals surface area contributed by atoms with Crippen molar-refractivity contribution in [2.24, 2.45) is 0 Å². The third-order valence-electron chi connectivity index (χ3n) is 3.75. The zero-order valence-electron chi connectivity index (χ0n) is 11.8. The lowest BCUT2D eigenvalue weighted by molar-refractivity contribution is 0.374. The third-order valence-corrected chi connectivity index (χ3v) is 3.75. The van der Waals surface area contributed by atoms with E-state index in [0.29, 0.717) is 6.42 Å². The number of anilines is 1. The number of H-pyrrole nitrogens is 1. The predicted octanol–water partition coefficient (Wildman–Crippen LogP) is 1.03. The molecule has 2 heterocycles. The minimum atomic E-state index is -0.267. The van der Waals surface area contributed by atoms with Gasteiger partial charge in [0.05, 0.1) is 12.2 Å². The summed E-state index contributed by atoms with van der Waals surface area (Å²) in [6.07, 6.45) is 0.749. The van der Waals surface area contributed by atoms with Crippen molar-refractivity contribution in [3.05, 3.63) is 62.7 Å². The smallest absolute Gasteiger partial charge is 0.265 e. The Morgan fingerprint density at radius 2 is 2.05 bits per heavy atom. The zero-order chi connectivity index (χ0) is 14.8. The van der Waals surface area contributed by atoms with Crippen molar-refractivity contribution in [3.8, 4) is 0 Å². The van der Waals surface area contributed by atoms with E-state index in [1.54, 1.807) is 0 Å². The van der Waals surface area contributed by atoms with Gasteiger partial charge in [0, 0.05) is 30.8 Å². The standard InChI is InChI=1S/C15H18N4O2/c1-10(19-15(21)7-6-14(20)18-19)8-13-16-9-11-4-2-3-5-12(11)17-13/h2-7,10,13,16-17H,8-9H2,1H3,(H,18,20)/t10-,13-/m0/s1. The highest BCUT2D eigenvalue weighted by atomic mass is 16.1. The first kappa shape index (κ1) is 13.6. The van der Waals surface area contributed by atoms with Gasteiger partial charge in [0.25, 0.3) is 11.1 Å². The number of aromatic amines is 1. The highest BCUT2D eigenvalue weighted by Gasteiger charge is 2.20. The van der Waals surface area contributed by atoms with E-state index in [1.165, 1.54) is 22.4 Å². The molecule has 3 rings (SSSR count). The first-order chi connectivity index (χ1) is 10.1. The number of hydrogen-bond donors (Lipinski definition) is 3. The van der Waals surface area contributed by atoms with Crippen LogP contribution in [-0.2, 0) is 6.54 Å². The highest BCUT2D eigenvalue weighted by Crippen LogP contribution is 2.22. The van der Waals surface area contributed by atoms with Crippen molar-refractivity contribution in [2.45, 2.75) is 32.1 Å². The van der Waals surface area contributed by atoms with Crippen LogP contribution in [0.1, 0.15) is 24.9 Å². The molecular weight excluding hydrogens is 268 g/mol. The van der Waals surface area contributed by atoms with Gasteiger partial charge in [-0.2, -0.15) is 0 Å². The van der Waals surface area contributed by atoms with E-state index >= 15 is 0 Å². The molecule has 0 amide bonds. The Kier molecular flexibility index (Phi) is 3.62. The van der Waals surface area contributed by atoms with Gasteiger partial charge < -0.3 is 5.32 Å². The Labute approximate surface area is 121 Å². The van der Waals surface area contributed by atoms with Gasteiger partial charge in [-0.05, 0) is 18.6 Å². The van der Waals surface area contributed by atoms with Crippen LogP contribution >= 0.6 is 0 Å². The van der Waals surface area contributed by atoms with E-state index in [4.69, 9.17) is 0 Å². The van der Waals surface area contributed by atoms with Crippen LogP contribution in [0.15, 0.2) is 46.0 Å². The van der Waals surface area contributed by atoms with Gasteiger partial charge in [-0.3, -0.25) is 20.0 Å². The lowest BCUT2D eigenvalue weighted by Crippen LogP contribution is -2.42. The maximum atomic E-state index is 11.8. The third kappa shape index (κ3) is 2.90. The fraction of sp³-hybridized carbons (Fsp3) is 0.333. The summed E-state index contributed by atoms with van der Waals surface area (Å²) in [5.74, 6) is 0. The minimum Gasteiger partial charge on any atom is -0.369 e. The quantitative estimate of drug-likeness (QED) is 0.787. The van der Waals surface area contributed by atoms with Crippen molar-refractivity contribution in [2.75, 3.05) is 5.32 Å². The Morgan fingerprint density at radius 1 is 1.24 bits per heavy atom. The number of para-hydroxylation sites is 1. The molecule has 1 aromatic carbocycles. The second-order valence-electron chi connectivity index (χ2n) is 5.34. The van der Waals surface area contributed by atoms with Gasteiger partial charge in [0.15, 0.2) is 0 Å². The van der Waals surface area contributed by atoms with Gasteiger partial charge in [-0.1, -0.05) is 18.2 Å². The first-order valence-electron chi connectivity index (χ1n) is 7.03. The van der Waals surface area contributed by atoms with Gasteiger partial charge in [0.1, 0.15) is 0 Å². The van der Waals surface area contributed by atoms with Crippen molar-refractivity contribution >= 4 is 5.69 Å². The molecule has 21 heavy (non-hydrogen) atoms. The van der Waals surface area contributed by atoms with Crippen LogP contribution in [0.4, 0.5) is 5.69 Å². The van der Waals surface area contributed by atoms with Gasteiger partial charge in [-0.15, -0.1) is 0 Å². The van der Waals surface area contributed by atoms with E-state index in [-0.39, 0.29) is 23.3 Å². The minimum absolute atomic E-state index is 0.0607. The summed E-state index contributed by atoms with van der Waals surface area (Å²) in [7, 11) is 0. The summed E-state index contributed by atoms with van der Waals surface area (Å²) in [6, 6.07) is 10.6. The van der Waals surface area contributed by atoms with E-state index < -0.39 is 0 Å². The van der Waals surface area contributed by atoms with Gasteiger partial charge in [-0.25, -0.2) is 4.68 Å². The Bertz CT molecular complexity index is 750. The molecule has 1 aromatic heterocycles. The molecule has 0 bridgehead atoms. The summed E-state index contributed by atoms with van der Waals surface area (Å²) in [5, 5.41) is 9.38. The second-order valence-corrected chi connectivity index (χ2v) is 5.34. The lowest BCUT2D eigenvalue weighted by Gasteiger charge is -2.30. The SMILES string of the molecule is C[C@@H](C[C@H]1NCc2ccccc2N1)n1[nH]c(=O)ccc1=O. The topological polar surface area (TPSA) is 78.9 Å². The summed E-state index contributed by atoms with van der Waals surface area (Å²) >= 11 is 0. The molecule has 6 nitrogen and oxygen atoms in total. The average Bonchev–Trinajstić information content (AvgIpc) is 2.49. The number of rotatable bonds is 3. The molecule has 1 aliphatic heterocycles. The van der Waals surface area contributed by atoms with E-state index in [9.17, 15) is 9.59 Å². The highest BCUT2D eigenvalue weighted by molar-refractivity contribution is 5.53. The van der Waals surface area contributed by atoms with Crippen molar-refractivity contribution in [3.63, 3.8) is 0 Å². The molecule has 0 fully saturated rings. The number of fused-ring (bicyclic) bond motifs is 1. The van der Waals surface area contributed by atoms with Crippen LogP contribution in [-0.4, -0.2) is 15.9 Å². The van der Waals surface area contributed by atoms with Crippen LogP contribution in [0.3, 0.4) is 0 Å². The maximum absolute atomic E-state index is 11.8. The van der Waals surface area contributed by atoms with Crippen molar-refractivity contribution in [1.29, 1.82) is 0 Å². The number of hydrogen-bond acceptors (Lipinski definition) is 4. The van der Waals surface area contributed by atoms with E-state index in [2.05, 4.69) is 21.8 Å². The fourth-order valence-corrected chi connectivity index (χ4v) is 2.64. The first-order valence-corrected chi connectivity index (χ1v) is 7.03. The van der Waals surface area contributed by atoms with E-state index in [1.807, 2.05) is 25.1 Å². The largest absolute Gasteiger partial charge is 0.369 e. The predicted molar refractivity (Wildman–Crippen MR) is 81.3 cm³/mol. The number of aromatic nitrogens is 2. The maximum Gasteiger partial charge on any atom is 0.265 e. The number of nitrogens with one attached hydrogen (secondary N) is 3. The molecule has 2 aromatic rings. The van der Waals surface area contributed by atoms with Crippen LogP contribution in [0.25, 0.3) is 0 Å². The van der Waals surface area contributed by atoms with Crippen LogP contribution in [0, 0.1) is 0 Å². The molecule has 0 saturated carbocycles. The van der Waals surface area contributed by atoms with Crippen molar-refractivity contribution < 1.29 is 0 Å². The summed E-state index contributed by atoms with van der Waals surface area (Å²) in [6.45, 7) is 2.71. The van der Waals surface area contributed by atoms with Gasteiger partial charge in [0.2, 0.25) is 0 Å². The molecular formula is C15H18N4O2. The molecule has 0 unspecified atom stereocenters. The summed E-state index contributed by atoms with van der Waals surface area (Å²) in [5.41, 5.74) is 1.88. The molecule has 3 N–H and O–H groups in total. The van der Waals surface area contributed by atoms with Crippen LogP contribution < -0.4 is 21.8 Å². The molecule has 1 aliphatic rings. The number of nitrogens with zero attached hydrogens (tertiary/aromatic N) is 1. The zero-order valence-corrected chi connectivity index (χ0v) is 11.8. The average molecular weight is 286 g/mol. The second kappa shape index (κ2) is 5.57. The molecule has 0 saturated heterocycles. The Hall–Kier alpha value is -2.34. The Morgan fingerprint density at radius 3 is 2.90 bits per heavy atom. The molecule has 0 spiro atoms. The monoisotopic (exact) mass is 286 g/mol. The summed E-state index contributed by atoms with van der Waals surface area (Å²) in [4.78, 5) is 23.2. The molecule has 2 atom stereocenters. The van der Waals surface area contributed by atoms with Gasteiger partial charge >= 0.3 is 0 Å². The normalized spacial score (nSPS) is 18.6. The van der Waals surface area contributed by atoms with E-state index in [0.717, 1.165) is 12.2 Å². The molecule has 110 valence electrons. The lowest BCUT2D eigenvalue weighted by atomic mass is 10.1. The van der Waals surface area contributed by atoms with Crippen molar-refractivity contribution in [1.82, 2.24) is 15.1 Å². The molecule has 6 heteroatoms.